The molecule has 13 heavy (non-hydrogen) atoms. The summed E-state index contributed by atoms with van der Waals surface area (Å²) in [4.78, 5) is 0. The molecule has 80 valence electrons. The highest BCUT2D eigenvalue weighted by Crippen LogP contribution is 2.07. The van der Waals surface area contributed by atoms with Crippen LogP contribution in [-0.2, 0) is 13.8 Å². The Labute approximate surface area is 84.8 Å². The number of rotatable bonds is 6. The van der Waals surface area contributed by atoms with Gasteiger partial charge in [-0.25, -0.2) is 8.42 Å². The third-order valence-corrected chi connectivity index (χ3v) is 2.65. The van der Waals surface area contributed by atoms with Crippen molar-refractivity contribution in [2.75, 3.05) is 12.4 Å². The van der Waals surface area contributed by atoms with E-state index in [1.165, 1.54) is 0 Å². The monoisotopic (exact) mass is 228 g/mol. The van der Waals surface area contributed by atoms with E-state index >= 15 is 0 Å². The minimum Gasteiger partial charge on any atom is -0.377 e. The van der Waals surface area contributed by atoms with Crippen molar-refractivity contribution in [3.63, 3.8) is 0 Å². The molecule has 0 aromatic carbocycles. The second-order valence-electron chi connectivity index (χ2n) is 3.55. The minimum atomic E-state index is -3.40. The number of hydrogen-bond acceptors (Lipinski definition) is 3. The molecular formula is C8H17ClO3S. The van der Waals surface area contributed by atoms with Gasteiger partial charge in [0.15, 0.2) is 0 Å². The Kier molecular flexibility index (Phi) is 5.92. The van der Waals surface area contributed by atoms with E-state index in [0.717, 1.165) is 6.42 Å². The van der Waals surface area contributed by atoms with Gasteiger partial charge in [0.2, 0.25) is 9.05 Å². The summed E-state index contributed by atoms with van der Waals surface area (Å²) in [6, 6.07) is 0. The lowest BCUT2D eigenvalue weighted by Gasteiger charge is -2.14. The molecule has 0 aromatic rings. The van der Waals surface area contributed by atoms with Crippen molar-refractivity contribution in [3.8, 4) is 0 Å². The maximum absolute atomic E-state index is 10.5. The van der Waals surface area contributed by atoms with Crippen LogP contribution in [0.3, 0.4) is 0 Å². The zero-order chi connectivity index (χ0) is 10.5. The van der Waals surface area contributed by atoms with Crippen molar-refractivity contribution >= 4 is 19.7 Å². The Morgan fingerprint density at radius 1 is 1.31 bits per heavy atom. The molecule has 0 bridgehead atoms. The predicted molar refractivity (Wildman–Crippen MR) is 54.5 cm³/mol. The van der Waals surface area contributed by atoms with Gasteiger partial charge in [-0.15, -0.1) is 0 Å². The van der Waals surface area contributed by atoms with Gasteiger partial charge in [-0.2, -0.15) is 0 Å². The highest BCUT2D eigenvalue weighted by Gasteiger charge is 2.08. The van der Waals surface area contributed by atoms with Crippen molar-refractivity contribution in [2.24, 2.45) is 5.92 Å². The summed E-state index contributed by atoms with van der Waals surface area (Å²) in [5, 5.41) is 0. The van der Waals surface area contributed by atoms with Crippen LogP contribution in [0.2, 0.25) is 0 Å². The molecule has 0 saturated carbocycles. The van der Waals surface area contributed by atoms with Crippen LogP contribution < -0.4 is 0 Å². The largest absolute Gasteiger partial charge is 0.377 e. The van der Waals surface area contributed by atoms with Crippen LogP contribution in [0.1, 0.15) is 27.2 Å². The van der Waals surface area contributed by atoms with E-state index in [0.29, 0.717) is 5.92 Å². The maximum Gasteiger partial charge on any atom is 0.234 e. The fourth-order valence-electron chi connectivity index (χ4n) is 1.08. The quantitative estimate of drug-likeness (QED) is 0.654. The van der Waals surface area contributed by atoms with E-state index in [9.17, 15) is 8.42 Å². The predicted octanol–water partition coefficient (Wildman–Crippen LogP) is 2.01. The summed E-state index contributed by atoms with van der Waals surface area (Å²) in [6.07, 6.45) is 1.03. The number of halogens is 1. The Morgan fingerprint density at radius 3 is 2.23 bits per heavy atom. The molecule has 3 nitrogen and oxygen atoms in total. The zero-order valence-corrected chi connectivity index (χ0v) is 9.86. The molecular weight excluding hydrogens is 212 g/mol. The first-order valence-corrected chi connectivity index (χ1v) is 6.83. The van der Waals surface area contributed by atoms with Crippen LogP contribution in [0, 0.1) is 5.92 Å². The maximum atomic E-state index is 10.5. The van der Waals surface area contributed by atoms with Crippen molar-refractivity contribution in [3.05, 3.63) is 0 Å². The van der Waals surface area contributed by atoms with Crippen molar-refractivity contribution < 1.29 is 13.2 Å². The van der Waals surface area contributed by atoms with Gasteiger partial charge in [0, 0.05) is 10.7 Å². The fraction of sp³-hybridized carbons (Fsp3) is 1.00. The summed E-state index contributed by atoms with van der Waals surface area (Å²) in [6.45, 7) is 6.30. The van der Waals surface area contributed by atoms with E-state index in [4.69, 9.17) is 15.4 Å². The molecule has 0 fully saturated rings. The number of ether oxygens (including phenoxy) is 1. The van der Waals surface area contributed by atoms with Crippen LogP contribution in [-0.4, -0.2) is 26.9 Å². The van der Waals surface area contributed by atoms with Gasteiger partial charge in [-0.05, 0) is 19.3 Å². The molecule has 0 spiro atoms. The summed E-state index contributed by atoms with van der Waals surface area (Å²) < 4.78 is 26.3. The highest BCUT2D eigenvalue weighted by molar-refractivity contribution is 8.13. The standard InChI is InChI=1S/C8H17ClO3S/c1-7(2)6-8(3)12-4-5-13(9,10)11/h7-8H,4-6H2,1-3H3. The van der Waals surface area contributed by atoms with Crippen molar-refractivity contribution in [1.29, 1.82) is 0 Å². The second kappa shape index (κ2) is 5.83. The Morgan fingerprint density at radius 2 is 1.85 bits per heavy atom. The molecule has 1 atom stereocenters. The third-order valence-electron chi connectivity index (χ3n) is 1.53. The third kappa shape index (κ3) is 10.1. The molecule has 0 radical (unpaired) electrons. The van der Waals surface area contributed by atoms with Crippen LogP contribution >= 0.6 is 10.7 Å². The van der Waals surface area contributed by atoms with Gasteiger partial charge >= 0.3 is 0 Å². The molecule has 0 aromatic heterocycles. The van der Waals surface area contributed by atoms with E-state index < -0.39 is 9.05 Å². The fourth-order valence-corrected chi connectivity index (χ4v) is 1.57. The average molecular weight is 229 g/mol. The smallest absolute Gasteiger partial charge is 0.234 e. The normalized spacial score (nSPS) is 14.8. The van der Waals surface area contributed by atoms with Crippen molar-refractivity contribution in [1.82, 2.24) is 0 Å². The Balaban J connectivity index is 3.54. The summed E-state index contributed by atoms with van der Waals surface area (Å²) in [5.41, 5.74) is 0. The van der Waals surface area contributed by atoms with Crippen LogP contribution in [0.5, 0.6) is 0 Å². The summed E-state index contributed by atoms with van der Waals surface area (Å²) in [5.74, 6) is 0.444. The van der Waals surface area contributed by atoms with Gasteiger partial charge in [0.25, 0.3) is 0 Å². The number of hydrogen-bond donors (Lipinski definition) is 0. The lowest BCUT2D eigenvalue weighted by Crippen LogP contribution is -2.15. The highest BCUT2D eigenvalue weighted by atomic mass is 35.7. The molecule has 0 rings (SSSR count). The molecule has 0 heterocycles. The average Bonchev–Trinajstić information content (AvgIpc) is 1.81. The van der Waals surface area contributed by atoms with Gasteiger partial charge in [-0.3, -0.25) is 0 Å². The van der Waals surface area contributed by atoms with Gasteiger partial charge in [0.1, 0.15) is 0 Å². The van der Waals surface area contributed by atoms with Crippen molar-refractivity contribution in [2.45, 2.75) is 33.3 Å². The van der Waals surface area contributed by atoms with Crippen LogP contribution in [0.4, 0.5) is 0 Å². The topological polar surface area (TPSA) is 43.4 Å². The molecule has 0 aliphatic heterocycles. The van der Waals surface area contributed by atoms with Crippen LogP contribution in [0.15, 0.2) is 0 Å². The zero-order valence-electron chi connectivity index (χ0n) is 8.29. The molecule has 0 amide bonds. The van der Waals surface area contributed by atoms with Gasteiger partial charge in [0.05, 0.1) is 18.5 Å². The molecule has 0 saturated heterocycles. The molecule has 1 unspecified atom stereocenters. The molecule has 0 aliphatic carbocycles. The van der Waals surface area contributed by atoms with Gasteiger partial charge < -0.3 is 4.74 Å². The first kappa shape index (κ1) is 13.2. The Bertz CT molecular complexity index is 224. The molecule has 0 N–H and O–H groups in total. The van der Waals surface area contributed by atoms with E-state index in [2.05, 4.69) is 13.8 Å². The summed E-state index contributed by atoms with van der Waals surface area (Å²) >= 11 is 0. The van der Waals surface area contributed by atoms with E-state index in [-0.39, 0.29) is 18.5 Å². The van der Waals surface area contributed by atoms with Crippen LogP contribution in [0.25, 0.3) is 0 Å². The molecule has 0 aliphatic rings. The first-order chi connectivity index (χ1) is 5.81. The summed E-state index contributed by atoms with van der Waals surface area (Å²) in [7, 11) is 1.61. The SMILES string of the molecule is CC(C)CC(C)OCCS(=O)(=O)Cl. The first-order valence-electron chi connectivity index (χ1n) is 4.35. The minimum absolute atomic E-state index is 0.0958. The van der Waals surface area contributed by atoms with E-state index in [1.807, 2.05) is 6.92 Å². The van der Waals surface area contributed by atoms with Gasteiger partial charge in [-0.1, -0.05) is 13.8 Å². The second-order valence-corrected chi connectivity index (χ2v) is 6.45. The lowest BCUT2D eigenvalue weighted by atomic mass is 10.1. The lowest BCUT2D eigenvalue weighted by molar-refractivity contribution is 0.0628. The van der Waals surface area contributed by atoms with E-state index in [1.54, 1.807) is 0 Å². The molecule has 5 heteroatoms. The Hall–Kier alpha value is 0.200.